The first-order valence-electron chi connectivity index (χ1n) is 9.77. The quantitative estimate of drug-likeness (QED) is 0.642. The van der Waals surface area contributed by atoms with E-state index in [9.17, 15) is 0 Å². The third kappa shape index (κ3) is 5.86. The fourth-order valence-corrected chi connectivity index (χ4v) is 3.10. The second-order valence-electron chi connectivity index (χ2n) is 6.02. The Kier molecular flexibility index (Phi) is 9.87. The van der Waals surface area contributed by atoms with E-state index in [1.165, 1.54) is 27.8 Å². The monoisotopic (exact) mass is 337 g/mol. The molecule has 0 heterocycles. The van der Waals surface area contributed by atoms with Crippen LogP contribution in [-0.2, 0) is 12.8 Å². The van der Waals surface area contributed by atoms with Gasteiger partial charge < -0.3 is 4.90 Å². The summed E-state index contributed by atoms with van der Waals surface area (Å²) in [4.78, 5) is 2.24. The maximum atomic E-state index is 2.42. The van der Waals surface area contributed by atoms with Gasteiger partial charge in [-0.2, -0.15) is 0 Å². The van der Waals surface area contributed by atoms with Crippen molar-refractivity contribution in [3.8, 4) is 0 Å². The predicted octanol–water partition coefficient (Wildman–Crippen LogP) is 6.22. The molecule has 0 fully saturated rings. The zero-order valence-corrected chi connectivity index (χ0v) is 17.0. The van der Waals surface area contributed by atoms with E-state index in [1.54, 1.807) is 0 Å². The summed E-state index contributed by atoms with van der Waals surface area (Å²) in [6, 6.07) is 17.7. The molecule has 0 saturated heterocycles. The minimum absolute atomic E-state index is 1.09. The van der Waals surface area contributed by atoms with Crippen LogP contribution in [0.15, 0.2) is 54.6 Å². The highest BCUT2D eigenvalue weighted by Crippen LogP contribution is 2.33. The Bertz CT molecular complexity index is 603. The van der Waals surface area contributed by atoms with Crippen molar-refractivity contribution in [3.63, 3.8) is 0 Å². The Hall–Kier alpha value is -1.86. The molecule has 25 heavy (non-hydrogen) atoms. The summed E-state index contributed by atoms with van der Waals surface area (Å²) in [7, 11) is 4.26. The molecule has 0 spiro atoms. The lowest BCUT2D eigenvalue weighted by Gasteiger charge is -2.13. The predicted molar refractivity (Wildman–Crippen MR) is 113 cm³/mol. The lowest BCUT2D eigenvalue weighted by Crippen LogP contribution is -2.12. The molecule has 1 aliphatic rings. The van der Waals surface area contributed by atoms with Gasteiger partial charge in [-0.3, -0.25) is 0 Å². The fourth-order valence-electron chi connectivity index (χ4n) is 3.10. The molecule has 0 aliphatic heterocycles. The first kappa shape index (κ1) is 21.2. The van der Waals surface area contributed by atoms with Crippen LogP contribution in [0.3, 0.4) is 0 Å². The number of rotatable bonds is 3. The maximum Gasteiger partial charge on any atom is 0.00101 e. The Balaban J connectivity index is 0.000000730. The topological polar surface area (TPSA) is 3.24 Å². The number of benzene rings is 2. The van der Waals surface area contributed by atoms with Crippen LogP contribution in [0, 0.1) is 0 Å². The van der Waals surface area contributed by atoms with Crippen LogP contribution in [0.25, 0.3) is 5.57 Å². The Morgan fingerprint density at radius 1 is 0.760 bits per heavy atom. The summed E-state index contributed by atoms with van der Waals surface area (Å²) >= 11 is 0. The lowest BCUT2D eigenvalue weighted by atomic mass is 9.93. The van der Waals surface area contributed by atoms with Gasteiger partial charge in [-0.1, -0.05) is 82.3 Å². The van der Waals surface area contributed by atoms with Crippen molar-refractivity contribution in [1.29, 1.82) is 0 Å². The second-order valence-corrected chi connectivity index (χ2v) is 6.02. The molecule has 1 heteroatoms. The number of hydrogen-bond acceptors (Lipinski definition) is 1. The molecule has 0 radical (unpaired) electrons. The van der Waals surface area contributed by atoms with Crippen LogP contribution in [0.4, 0.5) is 0 Å². The highest BCUT2D eigenvalue weighted by molar-refractivity contribution is 5.83. The average molecular weight is 338 g/mol. The van der Waals surface area contributed by atoms with Gasteiger partial charge in [-0.05, 0) is 61.2 Å². The highest BCUT2D eigenvalue weighted by Gasteiger charge is 2.16. The minimum Gasteiger partial charge on any atom is -0.309 e. The van der Waals surface area contributed by atoms with Gasteiger partial charge >= 0.3 is 0 Å². The normalized spacial score (nSPS) is 11.9. The molecule has 0 atom stereocenters. The van der Waals surface area contributed by atoms with E-state index in [0.717, 1.165) is 25.8 Å². The molecule has 1 aliphatic carbocycles. The summed E-state index contributed by atoms with van der Waals surface area (Å²) < 4.78 is 0. The van der Waals surface area contributed by atoms with Crippen LogP contribution < -0.4 is 0 Å². The van der Waals surface area contributed by atoms with Crippen LogP contribution >= 0.6 is 0 Å². The molecular weight excluding hydrogens is 302 g/mol. The summed E-state index contributed by atoms with van der Waals surface area (Å²) in [6.07, 6.45) is 5.78. The number of fused-ring (bicyclic) bond motifs is 2. The minimum atomic E-state index is 1.09. The van der Waals surface area contributed by atoms with Gasteiger partial charge in [0.2, 0.25) is 0 Å². The van der Waals surface area contributed by atoms with E-state index in [-0.39, 0.29) is 0 Å². The Morgan fingerprint density at radius 2 is 1.20 bits per heavy atom. The van der Waals surface area contributed by atoms with Crippen molar-refractivity contribution < 1.29 is 0 Å². The number of nitrogens with zero attached hydrogens (tertiary/aromatic N) is 1. The third-order valence-corrected chi connectivity index (χ3v) is 4.20. The van der Waals surface area contributed by atoms with Gasteiger partial charge in [0.25, 0.3) is 0 Å². The lowest BCUT2D eigenvalue weighted by molar-refractivity contribution is 0.417. The van der Waals surface area contributed by atoms with E-state index in [0.29, 0.717) is 0 Å². The van der Waals surface area contributed by atoms with Crippen LogP contribution in [0.5, 0.6) is 0 Å². The van der Waals surface area contributed by atoms with Crippen LogP contribution in [-0.4, -0.2) is 25.5 Å². The van der Waals surface area contributed by atoms with Gasteiger partial charge in [0, 0.05) is 6.54 Å². The molecule has 136 valence electrons. The molecule has 1 nitrogen and oxygen atoms in total. The number of hydrogen-bond donors (Lipinski definition) is 0. The van der Waals surface area contributed by atoms with Crippen LogP contribution in [0.2, 0.25) is 0 Å². The van der Waals surface area contributed by atoms with E-state index >= 15 is 0 Å². The number of aryl methyl sites for hydroxylation is 2. The standard InChI is InChI=1S/C20H23N.2C2H6/c1-21(2)15-7-12-20-18-10-5-3-8-16(18)13-14-17-9-4-6-11-19(17)20;2*1-2/h3-6,8-12H,7,13-15H2,1-2H3;2*1-2H3. The van der Waals surface area contributed by atoms with Gasteiger partial charge in [0.05, 0.1) is 0 Å². The van der Waals surface area contributed by atoms with Crippen molar-refractivity contribution in [3.05, 3.63) is 76.9 Å². The van der Waals surface area contributed by atoms with Crippen molar-refractivity contribution in [2.75, 3.05) is 20.6 Å². The molecule has 2 aromatic carbocycles. The second kappa shape index (κ2) is 11.7. The first-order valence-corrected chi connectivity index (χ1v) is 9.77. The highest BCUT2D eigenvalue weighted by atomic mass is 15.0. The van der Waals surface area contributed by atoms with Gasteiger partial charge in [-0.15, -0.1) is 0 Å². The maximum absolute atomic E-state index is 2.42. The van der Waals surface area contributed by atoms with Gasteiger partial charge in [-0.25, -0.2) is 0 Å². The van der Waals surface area contributed by atoms with E-state index in [4.69, 9.17) is 0 Å². The smallest absolute Gasteiger partial charge is 0.00101 e. The molecule has 0 N–H and O–H groups in total. The van der Waals surface area contributed by atoms with E-state index in [1.807, 2.05) is 27.7 Å². The molecule has 0 saturated carbocycles. The Morgan fingerprint density at radius 3 is 1.64 bits per heavy atom. The fraction of sp³-hybridized carbons (Fsp3) is 0.417. The zero-order valence-electron chi connectivity index (χ0n) is 17.0. The molecular formula is C24H35N. The Labute approximate surface area is 155 Å². The SMILES string of the molecule is CC.CC.CN(C)CCC=C1c2ccccc2CCc2ccccc21. The molecule has 0 bridgehead atoms. The van der Waals surface area contributed by atoms with Gasteiger partial charge in [0.1, 0.15) is 0 Å². The molecule has 0 amide bonds. The van der Waals surface area contributed by atoms with Crippen molar-refractivity contribution >= 4 is 5.57 Å². The van der Waals surface area contributed by atoms with Crippen molar-refractivity contribution in [2.45, 2.75) is 47.0 Å². The molecule has 2 aromatic rings. The average Bonchev–Trinajstić information content (AvgIpc) is 2.82. The van der Waals surface area contributed by atoms with E-state index in [2.05, 4.69) is 73.6 Å². The van der Waals surface area contributed by atoms with E-state index < -0.39 is 0 Å². The molecule has 0 aromatic heterocycles. The third-order valence-electron chi connectivity index (χ3n) is 4.20. The largest absolute Gasteiger partial charge is 0.309 e. The summed E-state index contributed by atoms with van der Waals surface area (Å²) in [5, 5.41) is 0. The van der Waals surface area contributed by atoms with Crippen LogP contribution in [0.1, 0.15) is 56.4 Å². The van der Waals surface area contributed by atoms with Gasteiger partial charge in [0.15, 0.2) is 0 Å². The summed E-state index contributed by atoms with van der Waals surface area (Å²) in [6.45, 7) is 9.09. The molecule has 3 rings (SSSR count). The summed E-state index contributed by atoms with van der Waals surface area (Å²) in [5.74, 6) is 0. The zero-order chi connectivity index (χ0) is 18.7. The first-order chi connectivity index (χ1) is 12.3. The van der Waals surface area contributed by atoms with Crippen molar-refractivity contribution in [1.82, 2.24) is 4.90 Å². The molecule has 0 unspecified atom stereocenters. The summed E-state index contributed by atoms with van der Waals surface area (Å²) in [5.41, 5.74) is 7.21. The van der Waals surface area contributed by atoms with Crippen molar-refractivity contribution in [2.24, 2.45) is 0 Å².